The minimum Gasteiger partial charge on any atom is -0.383 e. The number of aromatic nitrogens is 2. The summed E-state index contributed by atoms with van der Waals surface area (Å²) in [6.07, 6.45) is 1.60. The van der Waals surface area contributed by atoms with E-state index in [0.717, 1.165) is 11.1 Å². The molecule has 1 aromatic heterocycles. The van der Waals surface area contributed by atoms with Crippen LogP contribution in [0.1, 0.15) is 29.8 Å². The average Bonchev–Trinajstić information content (AvgIpc) is 2.60. The van der Waals surface area contributed by atoms with Gasteiger partial charge in [-0.3, -0.25) is 4.79 Å². The first-order valence-corrected chi connectivity index (χ1v) is 8.38. The monoisotopic (exact) mass is 342 g/mol. The van der Waals surface area contributed by atoms with Crippen molar-refractivity contribution in [2.45, 2.75) is 26.8 Å². The van der Waals surface area contributed by atoms with E-state index in [4.69, 9.17) is 4.74 Å². The van der Waals surface area contributed by atoms with Gasteiger partial charge in [-0.2, -0.15) is 0 Å². The lowest BCUT2D eigenvalue weighted by Gasteiger charge is -2.25. The maximum Gasteiger partial charge on any atom is 0.256 e. The van der Waals surface area contributed by atoms with Crippen molar-refractivity contribution >= 4 is 11.7 Å². The standard InChI is InChI=1S/C19H26N4O2/c1-13(2)23(4)18-16(19(24)20-9-10-25-5)12-21-17(22-18)15-8-6-7-14(3)11-15/h6-8,11-13H,9-10H2,1-5H3,(H,20,24). The summed E-state index contributed by atoms with van der Waals surface area (Å²) < 4.78 is 4.98. The van der Waals surface area contributed by atoms with Crippen LogP contribution in [0.4, 0.5) is 5.82 Å². The highest BCUT2D eigenvalue weighted by Gasteiger charge is 2.19. The number of benzene rings is 1. The number of nitrogens with zero attached hydrogens (tertiary/aromatic N) is 3. The van der Waals surface area contributed by atoms with Crippen LogP contribution >= 0.6 is 0 Å². The Hall–Kier alpha value is -2.47. The van der Waals surface area contributed by atoms with E-state index in [1.807, 2.05) is 43.1 Å². The molecule has 0 aliphatic rings. The Kier molecular flexibility index (Phi) is 6.47. The molecule has 6 heteroatoms. The van der Waals surface area contributed by atoms with E-state index in [-0.39, 0.29) is 11.9 Å². The van der Waals surface area contributed by atoms with E-state index in [0.29, 0.717) is 30.4 Å². The van der Waals surface area contributed by atoms with Crippen molar-refractivity contribution in [3.63, 3.8) is 0 Å². The van der Waals surface area contributed by atoms with E-state index in [1.54, 1.807) is 13.3 Å². The molecule has 0 unspecified atom stereocenters. The summed E-state index contributed by atoms with van der Waals surface area (Å²) in [5.74, 6) is 1.03. The molecule has 0 spiro atoms. The van der Waals surface area contributed by atoms with Gasteiger partial charge in [0.2, 0.25) is 0 Å². The maximum atomic E-state index is 12.5. The first kappa shape index (κ1) is 18.9. The van der Waals surface area contributed by atoms with Crippen molar-refractivity contribution < 1.29 is 9.53 Å². The molecule has 0 radical (unpaired) electrons. The molecule has 0 aliphatic heterocycles. The van der Waals surface area contributed by atoms with Crippen LogP contribution in [0.3, 0.4) is 0 Å². The lowest BCUT2D eigenvalue weighted by atomic mass is 10.1. The molecule has 0 saturated carbocycles. The first-order chi connectivity index (χ1) is 11.9. The van der Waals surface area contributed by atoms with Gasteiger partial charge in [0.05, 0.1) is 6.61 Å². The molecule has 0 atom stereocenters. The fourth-order valence-electron chi connectivity index (χ4n) is 2.33. The summed E-state index contributed by atoms with van der Waals surface area (Å²) in [4.78, 5) is 23.6. The van der Waals surface area contributed by atoms with Crippen LogP contribution in [0.15, 0.2) is 30.5 Å². The van der Waals surface area contributed by atoms with Gasteiger partial charge in [-0.25, -0.2) is 9.97 Å². The summed E-state index contributed by atoms with van der Waals surface area (Å²) in [5, 5.41) is 2.83. The predicted molar refractivity (Wildman–Crippen MR) is 100.0 cm³/mol. The van der Waals surface area contributed by atoms with Gasteiger partial charge in [0.15, 0.2) is 5.82 Å². The summed E-state index contributed by atoms with van der Waals surface area (Å²) in [6.45, 7) is 7.05. The van der Waals surface area contributed by atoms with Crippen molar-refractivity contribution in [1.82, 2.24) is 15.3 Å². The molecule has 1 aromatic carbocycles. The van der Waals surface area contributed by atoms with Crippen LogP contribution in [0.5, 0.6) is 0 Å². The third-order valence-corrected chi connectivity index (χ3v) is 3.99. The number of nitrogens with one attached hydrogen (secondary N) is 1. The van der Waals surface area contributed by atoms with E-state index < -0.39 is 0 Å². The second kappa shape index (κ2) is 8.58. The fourth-order valence-corrected chi connectivity index (χ4v) is 2.33. The van der Waals surface area contributed by atoms with Crippen LogP contribution in [-0.4, -0.2) is 49.2 Å². The van der Waals surface area contributed by atoms with E-state index >= 15 is 0 Å². The molecular formula is C19H26N4O2. The van der Waals surface area contributed by atoms with Crippen molar-refractivity contribution in [2.75, 3.05) is 32.2 Å². The zero-order valence-corrected chi connectivity index (χ0v) is 15.5. The molecular weight excluding hydrogens is 316 g/mol. The summed E-state index contributed by atoms with van der Waals surface area (Å²) in [6, 6.07) is 8.21. The second-order valence-electron chi connectivity index (χ2n) is 6.25. The molecule has 25 heavy (non-hydrogen) atoms. The molecule has 0 fully saturated rings. The number of ether oxygens (including phenoxy) is 1. The Balaban J connectivity index is 2.41. The van der Waals surface area contributed by atoms with Gasteiger partial charge < -0.3 is 15.0 Å². The van der Waals surface area contributed by atoms with E-state index in [9.17, 15) is 4.79 Å². The third-order valence-electron chi connectivity index (χ3n) is 3.99. The number of hydrogen-bond acceptors (Lipinski definition) is 5. The van der Waals surface area contributed by atoms with Crippen LogP contribution in [0.25, 0.3) is 11.4 Å². The van der Waals surface area contributed by atoms with Gasteiger partial charge in [0.25, 0.3) is 5.91 Å². The van der Waals surface area contributed by atoms with Gasteiger partial charge in [-0.15, -0.1) is 0 Å². The molecule has 0 bridgehead atoms. The number of hydrogen-bond donors (Lipinski definition) is 1. The molecule has 1 amide bonds. The smallest absolute Gasteiger partial charge is 0.256 e. The van der Waals surface area contributed by atoms with Crippen molar-refractivity contribution in [2.24, 2.45) is 0 Å². The minimum absolute atomic E-state index is 0.199. The highest BCUT2D eigenvalue weighted by molar-refractivity contribution is 5.98. The Morgan fingerprint density at radius 1 is 1.36 bits per heavy atom. The highest BCUT2D eigenvalue weighted by atomic mass is 16.5. The van der Waals surface area contributed by atoms with Gasteiger partial charge in [-0.05, 0) is 26.8 Å². The van der Waals surface area contributed by atoms with Crippen molar-refractivity contribution in [1.29, 1.82) is 0 Å². The molecule has 2 rings (SSSR count). The highest BCUT2D eigenvalue weighted by Crippen LogP contribution is 2.23. The van der Waals surface area contributed by atoms with Crippen LogP contribution in [0, 0.1) is 6.92 Å². The summed E-state index contributed by atoms with van der Waals surface area (Å²) in [5.41, 5.74) is 2.54. The number of anilines is 1. The lowest BCUT2D eigenvalue weighted by molar-refractivity contribution is 0.0937. The first-order valence-electron chi connectivity index (χ1n) is 8.38. The SMILES string of the molecule is COCCNC(=O)c1cnc(-c2cccc(C)c2)nc1N(C)C(C)C. The summed E-state index contributed by atoms with van der Waals surface area (Å²) >= 11 is 0. The van der Waals surface area contributed by atoms with Gasteiger partial charge in [0, 0.05) is 38.5 Å². The number of amides is 1. The van der Waals surface area contributed by atoms with Gasteiger partial charge in [0.1, 0.15) is 11.4 Å². The van der Waals surface area contributed by atoms with Crippen molar-refractivity contribution in [3.05, 3.63) is 41.6 Å². The Morgan fingerprint density at radius 3 is 2.76 bits per heavy atom. The topological polar surface area (TPSA) is 67.3 Å². The normalized spacial score (nSPS) is 10.8. The zero-order valence-electron chi connectivity index (χ0n) is 15.5. The quantitative estimate of drug-likeness (QED) is 0.784. The molecule has 1 heterocycles. The molecule has 1 N–H and O–H groups in total. The molecule has 134 valence electrons. The number of rotatable bonds is 7. The maximum absolute atomic E-state index is 12.5. The lowest BCUT2D eigenvalue weighted by Crippen LogP contribution is -2.33. The van der Waals surface area contributed by atoms with Crippen LogP contribution in [0.2, 0.25) is 0 Å². The van der Waals surface area contributed by atoms with Crippen LogP contribution < -0.4 is 10.2 Å². The second-order valence-corrected chi connectivity index (χ2v) is 6.25. The minimum atomic E-state index is -0.199. The summed E-state index contributed by atoms with van der Waals surface area (Å²) in [7, 11) is 3.53. The van der Waals surface area contributed by atoms with Gasteiger partial charge in [-0.1, -0.05) is 23.8 Å². The van der Waals surface area contributed by atoms with E-state index in [2.05, 4.69) is 29.1 Å². The van der Waals surface area contributed by atoms with Crippen LogP contribution in [-0.2, 0) is 4.74 Å². The molecule has 0 saturated heterocycles. The number of carbonyl (C=O) groups excluding carboxylic acids is 1. The Bertz CT molecular complexity index is 731. The Labute approximate surface area is 149 Å². The predicted octanol–water partition coefficient (Wildman–Crippen LogP) is 2.67. The number of carbonyl (C=O) groups is 1. The Morgan fingerprint density at radius 2 is 2.12 bits per heavy atom. The number of methoxy groups -OCH3 is 1. The average molecular weight is 342 g/mol. The zero-order chi connectivity index (χ0) is 18.4. The molecule has 6 nitrogen and oxygen atoms in total. The third kappa shape index (κ3) is 4.76. The molecule has 0 aliphatic carbocycles. The molecule has 2 aromatic rings. The number of aryl methyl sites for hydroxylation is 1. The largest absolute Gasteiger partial charge is 0.383 e. The van der Waals surface area contributed by atoms with E-state index in [1.165, 1.54) is 0 Å². The fraction of sp³-hybridized carbons (Fsp3) is 0.421. The van der Waals surface area contributed by atoms with Crippen molar-refractivity contribution in [3.8, 4) is 11.4 Å². The van der Waals surface area contributed by atoms with Gasteiger partial charge >= 0.3 is 0 Å².